The van der Waals surface area contributed by atoms with Crippen molar-refractivity contribution in [2.24, 2.45) is 0 Å². The van der Waals surface area contributed by atoms with Crippen molar-refractivity contribution < 1.29 is 27.5 Å². The third kappa shape index (κ3) is 8.65. The maximum absolute atomic E-state index is 13.6. The molecule has 0 saturated carbocycles. The van der Waals surface area contributed by atoms with Crippen LogP contribution < -0.4 is 19.1 Å². The van der Waals surface area contributed by atoms with Crippen molar-refractivity contribution in [1.29, 1.82) is 0 Å². The zero-order chi connectivity index (χ0) is 28.3. The minimum atomic E-state index is -3.62. The highest BCUT2D eigenvalue weighted by atomic mass is 32.2. The minimum Gasteiger partial charge on any atom is -0.497 e. The molecule has 0 unspecified atom stereocenters. The van der Waals surface area contributed by atoms with Gasteiger partial charge < -0.3 is 19.7 Å². The van der Waals surface area contributed by atoms with Gasteiger partial charge >= 0.3 is 0 Å². The smallest absolute Gasteiger partial charge is 0.243 e. The highest BCUT2D eigenvalue weighted by molar-refractivity contribution is 7.92. The number of hydrogen-bond donors (Lipinski definition) is 1. The van der Waals surface area contributed by atoms with E-state index in [4.69, 9.17) is 9.47 Å². The first kappa shape index (κ1) is 31.0. The summed E-state index contributed by atoms with van der Waals surface area (Å²) >= 11 is 0. The molecule has 10 heteroatoms. The summed E-state index contributed by atoms with van der Waals surface area (Å²) in [5, 5.41) is 2.99. The standard InChI is InChI=1S/C28H41N3O6S/c1-7-21(3)29-28(33)24(8-2)30(20-22-15-17-23(36-4)18-16-22)27(32)14-11-19-31(38(6,34)35)25-12-9-10-13-26(25)37-5/h9-10,12-13,15-18,21,24H,7-8,11,14,19-20H2,1-6H3,(H,29,33)/t21-,24-/m0/s1. The molecule has 2 rings (SSSR count). The molecule has 0 aromatic heterocycles. The van der Waals surface area contributed by atoms with Gasteiger partial charge in [-0.25, -0.2) is 8.42 Å². The lowest BCUT2D eigenvalue weighted by molar-refractivity contribution is -0.141. The van der Waals surface area contributed by atoms with Crippen LogP contribution in [0.25, 0.3) is 0 Å². The lowest BCUT2D eigenvalue weighted by Gasteiger charge is -2.32. The van der Waals surface area contributed by atoms with E-state index < -0.39 is 16.1 Å². The van der Waals surface area contributed by atoms with E-state index in [0.29, 0.717) is 23.6 Å². The Morgan fingerprint density at radius 2 is 1.63 bits per heavy atom. The highest BCUT2D eigenvalue weighted by Crippen LogP contribution is 2.30. The number of ether oxygens (including phenoxy) is 2. The van der Waals surface area contributed by atoms with E-state index in [2.05, 4.69) is 5.32 Å². The molecule has 0 bridgehead atoms. The van der Waals surface area contributed by atoms with Crippen LogP contribution in [0.1, 0.15) is 52.0 Å². The Bertz CT molecular complexity index is 1150. The van der Waals surface area contributed by atoms with Crippen LogP contribution in [0.15, 0.2) is 48.5 Å². The van der Waals surface area contributed by atoms with E-state index in [9.17, 15) is 18.0 Å². The summed E-state index contributed by atoms with van der Waals surface area (Å²) in [5.74, 6) is 0.708. The first-order valence-electron chi connectivity index (χ1n) is 12.9. The number of amides is 2. The topological polar surface area (TPSA) is 105 Å². The molecule has 0 radical (unpaired) electrons. The van der Waals surface area contributed by atoms with Gasteiger partial charge in [0, 0.05) is 25.6 Å². The third-order valence-electron chi connectivity index (χ3n) is 6.40. The predicted octanol–water partition coefficient (Wildman–Crippen LogP) is 3.97. The number of sulfonamides is 1. The van der Waals surface area contributed by atoms with Gasteiger partial charge in [0.1, 0.15) is 17.5 Å². The van der Waals surface area contributed by atoms with Crippen molar-refractivity contribution in [1.82, 2.24) is 10.2 Å². The van der Waals surface area contributed by atoms with Crippen molar-refractivity contribution in [3.63, 3.8) is 0 Å². The predicted molar refractivity (Wildman–Crippen MR) is 150 cm³/mol. The van der Waals surface area contributed by atoms with E-state index in [-0.39, 0.29) is 43.8 Å². The van der Waals surface area contributed by atoms with Gasteiger partial charge in [-0.3, -0.25) is 13.9 Å². The summed E-state index contributed by atoms with van der Waals surface area (Å²) in [6, 6.07) is 13.6. The Kier molecular flexibility index (Phi) is 11.9. The number of anilines is 1. The van der Waals surface area contributed by atoms with Gasteiger partial charge in [-0.1, -0.05) is 38.1 Å². The SMILES string of the molecule is CC[C@H](C)NC(=O)[C@H](CC)N(Cc1ccc(OC)cc1)C(=O)CCCN(c1ccccc1OC)S(C)(=O)=O. The van der Waals surface area contributed by atoms with Crippen molar-refractivity contribution in [3.05, 3.63) is 54.1 Å². The summed E-state index contributed by atoms with van der Waals surface area (Å²) in [6.07, 6.45) is 2.69. The van der Waals surface area contributed by atoms with Crippen LogP contribution in [0.3, 0.4) is 0 Å². The molecule has 0 heterocycles. The highest BCUT2D eigenvalue weighted by Gasteiger charge is 2.29. The Hall–Kier alpha value is -3.27. The zero-order valence-corrected chi connectivity index (χ0v) is 24.1. The number of para-hydroxylation sites is 2. The summed E-state index contributed by atoms with van der Waals surface area (Å²) in [5.41, 5.74) is 1.28. The number of carbonyl (C=O) groups excluding carboxylic acids is 2. The second kappa shape index (κ2) is 14.6. The van der Waals surface area contributed by atoms with Crippen LogP contribution in [0.5, 0.6) is 11.5 Å². The average Bonchev–Trinajstić information content (AvgIpc) is 2.90. The lowest BCUT2D eigenvalue weighted by Crippen LogP contribution is -2.50. The van der Waals surface area contributed by atoms with Crippen molar-refractivity contribution in [3.8, 4) is 11.5 Å². The number of rotatable bonds is 15. The Labute approximate surface area is 227 Å². The third-order valence-corrected chi connectivity index (χ3v) is 7.58. The molecule has 2 aromatic carbocycles. The Morgan fingerprint density at radius 1 is 0.974 bits per heavy atom. The normalized spacial score (nSPS) is 12.8. The first-order valence-corrected chi connectivity index (χ1v) is 14.7. The summed E-state index contributed by atoms with van der Waals surface area (Å²) in [4.78, 5) is 28.3. The van der Waals surface area contributed by atoms with Crippen LogP contribution in [0, 0.1) is 0 Å². The second-order valence-electron chi connectivity index (χ2n) is 9.22. The maximum Gasteiger partial charge on any atom is 0.243 e. The number of benzene rings is 2. The number of carbonyl (C=O) groups is 2. The van der Waals surface area contributed by atoms with Crippen molar-refractivity contribution in [2.45, 2.75) is 65.1 Å². The van der Waals surface area contributed by atoms with Gasteiger partial charge in [-0.2, -0.15) is 0 Å². The molecule has 0 saturated heterocycles. The Balaban J connectivity index is 2.25. The number of nitrogens with zero attached hydrogens (tertiary/aromatic N) is 2. The van der Waals surface area contributed by atoms with Gasteiger partial charge in [0.15, 0.2) is 0 Å². The molecule has 0 aliphatic rings. The number of hydrogen-bond acceptors (Lipinski definition) is 6. The number of nitrogens with one attached hydrogen (secondary N) is 1. The summed E-state index contributed by atoms with van der Waals surface area (Å²) in [6.45, 7) is 6.14. The maximum atomic E-state index is 13.6. The van der Waals surface area contributed by atoms with Crippen LogP contribution in [-0.4, -0.2) is 64.2 Å². The molecule has 38 heavy (non-hydrogen) atoms. The van der Waals surface area contributed by atoms with E-state index >= 15 is 0 Å². The van der Waals surface area contributed by atoms with Crippen molar-refractivity contribution in [2.75, 3.05) is 31.3 Å². The van der Waals surface area contributed by atoms with Crippen LogP contribution in [-0.2, 0) is 26.2 Å². The first-order chi connectivity index (χ1) is 18.0. The number of methoxy groups -OCH3 is 2. The molecule has 0 spiro atoms. The van der Waals surface area contributed by atoms with Gasteiger partial charge in [0.05, 0.1) is 26.2 Å². The molecule has 0 fully saturated rings. The van der Waals surface area contributed by atoms with Crippen LogP contribution in [0.2, 0.25) is 0 Å². The second-order valence-corrected chi connectivity index (χ2v) is 11.1. The average molecular weight is 548 g/mol. The van der Waals surface area contributed by atoms with E-state index in [1.807, 2.05) is 45.0 Å². The lowest BCUT2D eigenvalue weighted by atomic mass is 10.1. The quantitative estimate of drug-likeness (QED) is 0.362. The fourth-order valence-electron chi connectivity index (χ4n) is 4.11. The fraction of sp³-hybridized carbons (Fsp3) is 0.500. The van der Waals surface area contributed by atoms with Gasteiger partial charge in [-0.05, 0) is 56.0 Å². The van der Waals surface area contributed by atoms with Crippen LogP contribution >= 0.6 is 0 Å². The van der Waals surface area contributed by atoms with Crippen LogP contribution in [0.4, 0.5) is 5.69 Å². The fourth-order valence-corrected chi connectivity index (χ4v) is 5.08. The zero-order valence-electron chi connectivity index (χ0n) is 23.3. The molecular formula is C28H41N3O6S. The van der Waals surface area contributed by atoms with Crippen molar-refractivity contribution >= 4 is 27.5 Å². The molecule has 210 valence electrons. The Morgan fingerprint density at radius 3 is 2.18 bits per heavy atom. The minimum absolute atomic E-state index is 0.0151. The molecule has 2 atom stereocenters. The molecule has 2 amide bonds. The van der Waals surface area contributed by atoms with Gasteiger partial charge in [-0.15, -0.1) is 0 Å². The van der Waals surface area contributed by atoms with E-state index in [0.717, 1.165) is 18.2 Å². The monoisotopic (exact) mass is 547 g/mol. The van der Waals surface area contributed by atoms with E-state index in [1.165, 1.54) is 11.4 Å². The summed E-state index contributed by atoms with van der Waals surface area (Å²) < 4.78 is 37.0. The molecular weight excluding hydrogens is 506 g/mol. The largest absolute Gasteiger partial charge is 0.497 e. The molecule has 0 aliphatic carbocycles. The van der Waals surface area contributed by atoms with Gasteiger partial charge in [0.2, 0.25) is 21.8 Å². The molecule has 9 nitrogen and oxygen atoms in total. The molecule has 1 N–H and O–H groups in total. The van der Waals surface area contributed by atoms with Gasteiger partial charge in [0.25, 0.3) is 0 Å². The molecule has 0 aliphatic heterocycles. The molecule has 2 aromatic rings. The van der Waals surface area contributed by atoms with E-state index in [1.54, 1.807) is 36.3 Å². The summed E-state index contributed by atoms with van der Waals surface area (Å²) in [7, 11) is -0.556.